The van der Waals surface area contributed by atoms with Crippen LogP contribution in [-0.4, -0.2) is 7.05 Å². The predicted octanol–water partition coefficient (Wildman–Crippen LogP) is 4.35. The molecule has 0 bridgehead atoms. The summed E-state index contributed by atoms with van der Waals surface area (Å²) in [6.07, 6.45) is 5.60. The van der Waals surface area contributed by atoms with E-state index in [1.165, 1.54) is 40.6 Å². The molecular weight excluding hydrogens is 226 g/mol. The molecule has 1 saturated carbocycles. The van der Waals surface area contributed by atoms with Crippen molar-refractivity contribution in [3.63, 3.8) is 0 Å². The fourth-order valence-corrected chi connectivity index (χ4v) is 3.62. The lowest BCUT2D eigenvalue weighted by atomic mass is 10.1. The van der Waals surface area contributed by atoms with Crippen LogP contribution < -0.4 is 5.32 Å². The van der Waals surface area contributed by atoms with Gasteiger partial charge in [0.15, 0.2) is 0 Å². The Balaban J connectivity index is 1.78. The maximum atomic E-state index is 3.47. The number of nitrogens with one attached hydrogen (secondary N) is 1. The van der Waals surface area contributed by atoms with Crippen LogP contribution in [0.25, 0.3) is 10.1 Å². The summed E-state index contributed by atoms with van der Waals surface area (Å²) in [6, 6.07) is 11.6. The summed E-state index contributed by atoms with van der Waals surface area (Å²) >= 11 is 1.94. The van der Waals surface area contributed by atoms with Crippen LogP contribution >= 0.6 is 11.3 Å². The molecule has 0 radical (unpaired) electrons. The first-order valence-corrected chi connectivity index (χ1v) is 7.34. The first-order chi connectivity index (χ1) is 8.36. The van der Waals surface area contributed by atoms with E-state index < -0.39 is 0 Å². The second-order valence-corrected chi connectivity index (χ2v) is 6.16. The molecule has 2 aromatic rings. The van der Waals surface area contributed by atoms with Crippen LogP contribution in [0.5, 0.6) is 0 Å². The number of thiophene rings is 1. The highest BCUT2D eigenvalue weighted by molar-refractivity contribution is 7.19. The number of hydrogen-bond acceptors (Lipinski definition) is 2. The van der Waals surface area contributed by atoms with Gasteiger partial charge in [0, 0.05) is 15.6 Å². The highest BCUT2D eigenvalue weighted by Crippen LogP contribution is 2.37. The molecule has 90 valence electrons. The largest absolute Gasteiger partial charge is 0.312 e. The molecule has 0 saturated heterocycles. The van der Waals surface area contributed by atoms with Crippen LogP contribution in [0.15, 0.2) is 30.3 Å². The van der Waals surface area contributed by atoms with Gasteiger partial charge in [-0.3, -0.25) is 0 Å². The minimum absolute atomic E-state index is 0.549. The van der Waals surface area contributed by atoms with Crippen molar-refractivity contribution < 1.29 is 0 Å². The van der Waals surface area contributed by atoms with Gasteiger partial charge in [-0.15, -0.1) is 11.3 Å². The normalized spacial score (nSPS) is 17.5. The van der Waals surface area contributed by atoms with Crippen LogP contribution in [0.4, 0.5) is 0 Å². The van der Waals surface area contributed by atoms with Crippen LogP contribution in [0.2, 0.25) is 0 Å². The average Bonchev–Trinajstić information content (AvgIpc) is 3.08. The molecule has 17 heavy (non-hydrogen) atoms. The van der Waals surface area contributed by atoms with Crippen molar-refractivity contribution in [1.82, 2.24) is 5.32 Å². The van der Waals surface area contributed by atoms with Crippen molar-refractivity contribution in [2.24, 2.45) is 5.92 Å². The van der Waals surface area contributed by atoms with E-state index in [0.29, 0.717) is 6.04 Å². The third-order valence-electron chi connectivity index (χ3n) is 3.70. The third-order valence-corrected chi connectivity index (χ3v) is 4.93. The maximum Gasteiger partial charge on any atom is 0.0412 e. The Morgan fingerprint density at radius 2 is 2.18 bits per heavy atom. The van der Waals surface area contributed by atoms with Gasteiger partial charge in [0.25, 0.3) is 0 Å². The fraction of sp³-hybridized carbons (Fsp3) is 0.467. The quantitative estimate of drug-likeness (QED) is 0.825. The Hall–Kier alpha value is -0.860. The summed E-state index contributed by atoms with van der Waals surface area (Å²) in [7, 11) is 2.09. The van der Waals surface area contributed by atoms with Gasteiger partial charge >= 0.3 is 0 Å². The van der Waals surface area contributed by atoms with E-state index in [4.69, 9.17) is 0 Å². The van der Waals surface area contributed by atoms with Crippen molar-refractivity contribution in [3.8, 4) is 0 Å². The van der Waals surface area contributed by atoms with E-state index in [1.807, 2.05) is 11.3 Å². The Kier molecular flexibility index (Phi) is 3.17. The summed E-state index contributed by atoms with van der Waals surface area (Å²) in [5.74, 6) is 1.03. The van der Waals surface area contributed by atoms with E-state index in [0.717, 1.165) is 5.92 Å². The molecule has 1 atom stereocenters. The molecule has 1 N–H and O–H groups in total. The number of rotatable bonds is 5. The van der Waals surface area contributed by atoms with Crippen molar-refractivity contribution >= 4 is 21.4 Å². The van der Waals surface area contributed by atoms with E-state index in [9.17, 15) is 0 Å². The zero-order chi connectivity index (χ0) is 11.7. The van der Waals surface area contributed by atoms with Gasteiger partial charge in [-0.25, -0.2) is 0 Å². The number of hydrogen-bond donors (Lipinski definition) is 1. The van der Waals surface area contributed by atoms with Crippen molar-refractivity contribution in [3.05, 3.63) is 35.2 Å². The molecule has 1 unspecified atom stereocenters. The first-order valence-electron chi connectivity index (χ1n) is 6.52. The zero-order valence-corrected chi connectivity index (χ0v) is 11.1. The highest BCUT2D eigenvalue weighted by atomic mass is 32.1. The molecule has 0 spiro atoms. The second kappa shape index (κ2) is 4.79. The van der Waals surface area contributed by atoms with Crippen molar-refractivity contribution in [2.45, 2.75) is 31.7 Å². The van der Waals surface area contributed by atoms with Crippen molar-refractivity contribution in [2.75, 3.05) is 7.05 Å². The van der Waals surface area contributed by atoms with Gasteiger partial charge in [-0.1, -0.05) is 31.0 Å². The van der Waals surface area contributed by atoms with Gasteiger partial charge in [-0.05, 0) is 43.3 Å². The van der Waals surface area contributed by atoms with Gasteiger partial charge in [0.05, 0.1) is 0 Å². The van der Waals surface area contributed by atoms with E-state index in [-0.39, 0.29) is 0 Å². The fourth-order valence-electron chi connectivity index (χ4n) is 2.41. The SMILES string of the molecule is CNC(CCC1CC1)c1cc2ccccc2s1. The lowest BCUT2D eigenvalue weighted by Gasteiger charge is -2.13. The molecule has 1 aliphatic carbocycles. The Bertz CT molecular complexity index is 465. The van der Waals surface area contributed by atoms with E-state index in [2.05, 4.69) is 42.7 Å². The summed E-state index contributed by atoms with van der Waals surface area (Å²) in [5.41, 5.74) is 0. The topological polar surface area (TPSA) is 12.0 Å². The van der Waals surface area contributed by atoms with E-state index >= 15 is 0 Å². The van der Waals surface area contributed by atoms with Gasteiger partial charge < -0.3 is 5.32 Å². The third kappa shape index (κ3) is 2.53. The zero-order valence-electron chi connectivity index (χ0n) is 10.3. The predicted molar refractivity (Wildman–Crippen MR) is 75.6 cm³/mol. The maximum absolute atomic E-state index is 3.47. The Morgan fingerprint density at radius 3 is 2.88 bits per heavy atom. The highest BCUT2D eigenvalue weighted by Gasteiger charge is 2.23. The van der Waals surface area contributed by atoms with Gasteiger partial charge in [-0.2, -0.15) is 0 Å². The molecule has 2 heteroatoms. The van der Waals surface area contributed by atoms with Crippen molar-refractivity contribution in [1.29, 1.82) is 0 Å². The molecule has 1 fully saturated rings. The first kappa shape index (κ1) is 11.2. The second-order valence-electron chi connectivity index (χ2n) is 5.05. The molecule has 1 heterocycles. The standard InChI is InChI=1S/C15H19NS/c1-16-13(9-8-11-6-7-11)15-10-12-4-2-3-5-14(12)17-15/h2-5,10-11,13,16H,6-9H2,1H3. The molecule has 0 amide bonds. The minimum Gasteiger partial charge on any atom is -0.312 e. The lowest BCUT2D eigenvalue weighted by molar-refractivity contribution is 0.513. The molecule has 1 nitrogen and oxygen atoms in total. The summed E-state index contributed by atoms with van der Waals surface area (Å²) in [5, 5.41) is 4.86. The summed E-state index contributed by atoms with van der Waals surface area (Å²) < 4.78 is 1.41. The monoisotopic (exact) mass is 245 g/mol. The van der Waals surface area contributed by atoms with Crippen LogP contribution in [0, 0.1) is 5.92 Å². The minimum atomic E-state index is 0.549. The molecule has 3 rings (SSSR count). The Labute approximate surface area is 107 Å². The van der Waals surface area contributed by atoms with Crippen LogP contribution in [-0.2, 0) is 0 Å². The molecule has 1 aromatic heterocycles. The summed E-state index contributed by atoms with van der Waals surface area (Å²) in [4.78, 5) is 1.49. The molecular formula is C15H19NS. The molecule has 1 aliphatic rings. The van der Waals surface area contributed by atoms with Crippen LogP contribution in [0.1, 0.15) is 36.6 Å². The lowest BCUT2D eigenvalue weighted by Crippen LogP contribution is -2.15. The summed E-state index contributed by atoms with van der Waals surface area (Å²) in [6.45, 7) is 0. The van der Waals surface area contributed by atoms with Gasteiger partial charge in [0.2, 0.25) is 0 Å². The smallest absolute Gasteiger partial charge is 0.0412 e. The van der Waals surface area contributed by atoms with Gasteiger partial charge in [0.1, 0.15) is 0 Å². The number of benzene rings is 1. The average molecular weight is 245 g/mol. The Morgan fingerprint density at radius 1 is 1.35 bits per heavy atom. The number of fused-ring (bicyclic) bond motifs is 1. The van der Waals surface area contributed by atoms with Crippen LogP contribution in [0.3, 0.4) is 0 Å². The molecule has 1 aromatic carbocycles. The molecule has 0 aliphatic heterocycles. The van der Waals surface area contributed by atoms with E-state index in [1.54, 1.807) is 0 Å².